The van der Waals surface area contributed by atoms with Gasteiger partial charge < -0.3 is 48.5 Å². The molecule has 0 bridgehead atoms. The van der Waals surface area contributed by atoms with Crippen LogP contribution in [0.4, 0.5) is 0 Å². The number of methoxy groups -OCH3 is 2. The molecule has 0 spiro atoms. The van der Waals surface area contributed by atoms with Crippen molar-refractivity contribution in [2.45, 2.75) is 410 Å². The van der Waals surface area contributed by atoms with E-state index in [1.807, 2.05) is 0 Å². The van der Waals surface area contributed by atoms with E-state index in [0.717, 1.165) is 89.9 Å². The highest BCUT2D eigenvalue weighted by Crippen LogP contribution is 2.33. The standard InChI is InChI=1S/C74H144N2O18S2/c1-7-11-15-19-23-27-31-35-39-43-47-51-57-87-69-67(93-95(79,80)81)63(91-73(85-5)71(69)89-59-53-49-45-41-37-33-29-25-21-17-13-9-3)61-75-65(77)55-56-66(78)76-62-64-68(94-96(82,83)84)70(88-58-52-48-44-40-36-32-28-24-20-16-12-8-2)72(74(86-6)92-64)90-60-54-50-46-42-38-34-30-26-22-18-14-10-4/h63-64,67-74H,7-62H2,1-6H3,(H,75,77)(H,76,78)(H,79,80,81)(H,82,83,84)/t63-,64-,67-,68-,69+,70+,71-,72-,73+,74+/m1/s1. The molecule has 0 aromatic carbocycles. The molecule has 0 aromatic heterocycles. The van der Waals surface area contributed by atoms with Crippen LogP contribution in [0.25, 0.3) is 0 Å². The fourth-order valence-corrected chi connectivity index (χ4v) is 14.2. The predicted molar refractivity (Wildman–Crippen MR) is 383 cm³/mol. The van der Waals surface area contributed by atoms with Crippen molar-refractivity contribution in [3.05, 3.63) is 0 Å². The van der Waals surface area contributed by atoms with E-state index in [9.17, 15) is 35.5 Å². The van der Waals surface area contributed by atoms with Crippen LogP contribution < -0.4 is 10.6 Å². The molecule has 2 heterocycles. The molecule has 2 rings (SSSR count). The average molecular weight is 1410 g/mol. The van der Waals surface area contributed by atoms with E-state index >= 15 is 0 Å². The zero-order valence-corrected chi connectivity index (χ0v) is 63.2. The molecule has 570 valence electrons. The van der Waals surface area contributed by atoms with Gasteiger partial charge in [0.1, 0.15) is 48.8 Å². The van der Waals surface area contributed by atoms with Crippen molar-refractivity contribution in [1.29, 1.82) is 0 Å². The molecular weight excluding hydrogens is 1270 g/mol. The third-order valence-corrected chi connectivity index (χ3v) is 19.9. The van der Waals surface area contributed by atoms with Crippen LogP contribution in [0.15, 0.2) is 0 Å². The largest absolute Gasteiger partial charge is 0.397 e. The van der Waals surface area contributed by atoms with Gasteiger partial charge in [0.2, 0.25) is 11.8 Å². The lowest BCUT2D eigenvalue weighted by molar-refractivity contribution is -0.301. The molecule has 22 heteroatoms. The van der Waals surface area contributed by atoms with Crippen LogP contribution in [0.1, 0.15) is 349 Å². The molecule has 0 aromatic rings. The van der Waals surface area contributed by atoms with E-state index in [4.69, 9.17) is 46.3 Å². The Balaban J connectivity index is 2.14. The molecule has 10 atom stereocenters. The van der Waals surface area contributed by atoms with Crippen LogP contribution in [-0.2, 0) is 76.6 Å². The van der Waals surface area contributed by atoms with Crippen molar-refractivity contribution < 1.29 is 81.8 Å². The molecule has 2 aliphatic rings. The van der Waals surface area contributed by atoms with Gasteiger partial charge in [-0.3, -0.25) is 18.7 Å². The summed E-state index contributed by atoms with van der Waals surface area (Å²) in [6.45, 7) is 9.45. The number of hydrogen-bond donors (Lipinski definition) is 4. The van der Waals surface area contributed by atoms with E-state index in [0.29, 0.717) is 26.1 Å². The van der Waals surface area contributed by atoms with Crippen LogP contribution in [0, 0.1) is 0 Å². The van der Waals surface area contributed by atoms with Gasteiger partial charge in [-0.05, 0) is 25.7 Å². The van der Waals surface area contributed by atoms with E-state index in [1.165, 1.54) is 220 Å². The zero-order chi connectivity index (χ0) is 70.0. The van der Waals surface area contributed by atoms with Gasteiger partial charge in [0.25, 0.3) is 0 Å². The molecule has 2 amide bonds. The molecule has 0 saturated carbocycles. The summed E-state index contributed by atoms with van der Waals surface area (Å²) in [6.07, 6.45) is 43.6. The second-order valence-corrected chi connectivity index (χ2v) is 29.6. The lowest BCUT2D eigenvalue weighted by Crippen LogP contribution is -2.63. The molecule has 2 aliphatic heterocycles. The normalized spacial score (nSPS) is 21.7. The van der Waals surface area contributed by atoms with E-state index < -0.39 is 94.0 Å². The molecule has 0 unspecified atom stereocenters. The maximum atomic E-state index is 13.6. The van der Waals surface area contributed by atoms with Gasteiger partial charge in [0.05, 0.1) is 0 Å². The highest BCUT2D eigenvalue weighted by Gasteiger charge is 2.52. The van der Waals surface area contributed by atoms with E-state index in [2.05, 4.69) is 38.3 Å². The number of nitrogens with one attached hydrogen (secondary N) is 2. The number of carbonyl (C=O) groups is 2. The first-order valence-corrected chi connectivity index (χ1v) is 42.0. The van der Waals surface area contributed by atoms with Crippen molar-refractivity contribution in [3.63, 3.8) is 0 Å². The summed E-state index contributed by atoms with van der Waals surface area (Å²) in [5.74, 6) is -1.18. The summed E-state index contributed by atoms with van der Waals surface area (Å²) >= 11 is 0. The van der Waals surface area contributed by atoms with Crippen LogP contribution in [-0.4, -0.2) is 153 Å². The van der Waals surface area contributed by atoms with Gasteiger partial charge in [-0.25, -0.2) is 8.37 Å². The highest BCUT2D eigenvalue weighted by molar-refractivity contribution is 7.81. The first kappa shape index (κ1) is 90.4. The fraction of sp³-hybridized carbons (Fsp3) is 0.973. The SMILES string of the molecule is CCCCCCCCCCCCCCO[C@@H]1[C@@H](OCCCCCCCCCCCCCC)[C@@H](OC)O[C@H](CNC(=O)CCC(=O)NC[C@H]2O[C@H](OC)[C@H](OCCCCCCCCCCCCCC)[C@@H](OCCCCCCCCCCCCCC)[C@@H]2OS(=O)(=O)O)[C@H]1OS(=O)(=O)O. The monoisotopic (exact) mass is 1410 g/mol. The lowest BCUT2D eigenvalue weighted by atomic mass is 9.97. The maximum absolute atomic E-state index is 13.6. The minimum absolute atomic E-state index is 0.248. The number of rotatable bonds is 69. The first-order chi connectivity index (χ1) is 46.6. The first-order valence-electron chi connectivity index (χ1n) is 39.3. The van der Waals surface area contributed by atoms with Gasteiger partial charge in [0, 0.05) is 66.6 Å². The average Bonchev–Trinajstić information content (AvgIpc) is 0.804. The Bertz CT molecular complexity index is 1890. The number of unbranched alkanes of at least 4 members (excludes halogenated alkanes) is 44. The summed E-state index contributed by atoms with van der Waals surface area (Å²) in [6, 6.07) is 0. The van der Waals surface area contributed by atoms with Crippen LogP contribution in [0.5, 0.6) is 0 Å². The predicted octanol–water partition coefficient (Wildman–Crippen LogP) is 17.5. The molecule has 2 saturated heterocycles. The molecule has 96 heavy (non-hydrogen) atoms. The molecule has 4 N–H and O–H groups in total. The second-order valence-electron chi connectivity index (χ2n) is 27.5. The summed E-state index contributed by atoms with van der Waals surface area (Å²) in [5, 5.41) is 5.47. The topological polar surface area (TPSA) is 259 Å². The summed E-state index contributed by atoms with van der Waals surface area (Å²) < 4.78 is 131. The Morgan fingerprint density at radius 2 is 0.510 bits per heavy atom. The summed E-state index contributed by atoms with van der Waals surface area (Å²) in [5.41, 5.74) is 0. The number of ether oxygens (including phenoxy) is 8. The van der Waals surface area contributed by atoms with E-state index in [1.54, 1.807) is 0 Å². The Morgan fingerprint density at radius 1 is 0.312 bits per heavy atom. The molecule has 0 aliphatic carbocycles. The second kappa shape index (κ2) is 60.9. The Kier molecular flexibility index (Phi) is 57.4. The summed E-state index contributed by atoms with van der Waals surface area (Å²) in [4.78, 5) is 27.2. The van der Waals surface area contributed by atoms with Crippen molar-refractivity contribution in [2.24, 2.45) is 0 Å². The Morgan fingerprint density at radius 3 is 0.708 bits per heavy atom. The Labute approximate surface area is 586 Å². The molecule has 2 fully saturated rings. The fourth-order valence-electron chi connectivity index (χ4n) is 13.2. The van der Waals surface area contributed by atoms with Crippen LogP contribution in [0.3, 0.4) is 0 Å². The van der Waals surface area contributed by atoms with Crippen LogP contribution in [0.2, 0.25) is 0 Å². The van der Waals surface area contributed by atoms with E-state index in [-0.39, 0.29) is 39.1 Å². The Hall–Kier alpha value is -1.64. The van der Waals surface area contributed by atoms with Crippen LogP contribution >= 0.6 is 0 Å². The number of carbonyl (C=O) groups excluding carboxylic acids is 2. The van der Waals surface area contributed by atoms with Gasteiger partial charge >= 0.3 is 20.8 Å². The maximum Gasteiger partial charge on any atom is 0.397 e. The smallest absolute Gasteiger partial charge is 0.372 e. The molecular formula is C74H144N2O18S2. The lowest BCUT2D eigenvalue weighted by Gasteiger charge is -2.44. The van der Waals surface area contributed by atoms with Crippen molar-refractivity contribution in [1.82, 2.24) is 10.6 Å². The molecule has 20 nitrogen and oxygen atoms in total. The quantitative estimate of drug-likeness (QED) is 0.0326. The third kappa shape index (κ3) is 47.5. The van der Waals surface area contributed by atoms with Gasteiger partial charge in [-0.2, -0.15) is 16.8 Å². The van der Waals surface area contributed by atoms with Gasteiger partial charge in [-0.1, -0.05) is 310 Å². The van der Waals surface area contributed by atoms with Crippen molar-refractivity contribution in [3.8, 4) is 0 Å². The highest BCUT2D eigenvalue weighted by atomic mass is 32.3. The van der Waals surface area contributed by atoms with Crippen molar-refractivity contribution in [2.75, 3.05) is 53.7 Å². The summed E-state index contributed by atoms with van der Waals surface area (Å²) in [7, 11) is -7.29. The number of hydrogen-bond acceptors (Lipinski definition) is 16. The third-order valence-electron chi connectivity index (χ3n) is 18.9. The molecule has 0 radical (unpaired) electrons. The van der Waals surface area contributed by atoms with Gasteiger partial charge in [-0.15, -0.1) is 0 Å². The number of amides is 2. The van der Waals surface area contributed by atoms with Gasteiger partial charge in [0.15, 0.2) is 12.6 Å². The minimum atomic E-state index is -5.08. The van der Waals surface area contributed by atoms with Crippen molar-refractivity contribution >= 4 is 32.6 Å². The minimum Gasteiger partial charge on any atom is -0.372 e. The zero-order valence-electron chi connectivity index (χ0n) is 61.6.